The van der Waals surface area contributed by atoms with Crippen molar-refractivity contribution in [3.63, 3.8) is 0 Å². The molecule has 0 spiro atoms. The average Bonchev–Trinajstić information content (AvgIpc) is 3.08. The standard InChI is InChI=1S/C16H16ClFN6S/c1-3-14-20-21-16(25)24(14)19-8-13-10(2)22-23(15(13)17)9-11-4-6-12(18)7-5-11/h4-8H,3,9H2,1-2H3,(H,21,25)/b19-8+. The van der Waals surface area contributed by atoms with E-state index in [1.807, 2.05) is 13.8 Å². The van der Waals surface area contributed by atoms with Crippen molar-refractivity contribution in [2.24, 2.45) is 5.10 Å². The number of aryl methyl sites for hydroxylation is 2. The van der Waals surface area contributed by atoms with Crippen molar-refractivity contribution in [1.82, 2.24) is 24.7 Å². The first-order chi connectivity index (χ1) is 12.0. The average molecular weight is 379 g/mol. The van der Waals surface area contributed by atoms with Crippen LogP contribution in [0.3, 0.4) is 0 Å². The van der Waals surface area contributed by atoms with Crippen LogP contribution < -0.4 is 0 Å². The first-order valence-corrected chi connectivity index (χ1v) is 8.46. The maximum atomic E-state index is 13.0. The molecule has 0 aliphatic heterocycles. The highest BCUT2D eigenvalue weighted by atomic mass is 35.5. The van der Waals surface area contributed by atoms with Gasteiger partial charge >= 0.3 is 0 Å². The molecule has 0 saturated carbocycles. The molecule has 25 heavy (non-hydrogen) atoms. The van der Waals surface area contributed by atoms with Gasteiger partial charge in [0.05, 0.1) is 24.0 Å². The molecule has 0 bridgehead atoms. The third kappa shape index (κ3) is 3.69. The number of nitrogens with zero attached hydrogens (tertiary/aromatic N) is 5. The van der Waals surface area contributed by atoms with Crippen molar-refractivity contribution in [2.75, 3.05) is 0 Å². The number of H-pyrrole nitrogens is 1. The summed E-state index contributed by atoms with van der Waals surface area (Å²) in [6.07, 6.45) is 2.32. The number of benzene rings is 1. The highest BCUT2D eigenvalue weighted by molar-refractivity contribution is 7.71. The predicted octanol–water partition coefficient (Wildman–Crippen LogP) is 3.73. The Balaban J connectivity index is 1.89. The van der Waals surface area contributed by atoms with Crippen LogP contribution >= 0.6 is 23.8 Å². The molecule has 6 nitrogen and oxygen atoms in total. The molecule has 0 saturated heterocycles. The van der Waals surface area contributed by atoms with Crippen molar-refractivity contribution in [2.45, 2.75) is 26.8 Å². The van der Waals surface area contributed by atoms with Gasteiger partial charge in [0.2, 0.25) is 4.77 Å². The number of nitrogens with one attached hydrogen (secondary N) is 1. The predicted molar refractivity (Wildman–Crippen MR) is 97.3 cm³/mol. The van der Waals surface area contributed by atoms with E-state index in [1.165, 1.54) is 12.1 Å². The Kier molecular flexibility index (Phi) is 5.10. The first-order valence-electron chi connectivity index (χ1n) is 7.67. The molecule has 0 unspecified atom stereocenters. The maximum absolute atomic E-state index is 13.0. The second-order valence-electron chi connectivity index (χ2n) is 5.43. The van der Waals surface area contributed by atoms with Crippen LogP contribution in [0.15, 0.2) is 29.4 Å². The molecule has 1 aromatic carbocycles. The second kappa shape index (κ2) is 7.28. The van der Waals surface area contributed by atoms with Gasteiger partial charge in [0.1, 0.15) is 11.0 Å². The fraction of sp³-hybridized carbons (Fsp3) is 0.250. The van der Waals surface area contributed by atoms with E-state index < -0.39 is 0 Å². The van der Waals surface area contributed by atoms with Crippen molar-refractivity contribution in [3.05, 3.63) is 62.7 Å². The third-order valence-corrected chi connectivity index (χ3v) is 4.35. The molecule has 3 rings (SSSR count). The van der Waals surface area contributed by atoms with Crippen LogP contribution in [0.4, 0.5) is 4.39 Å². The van der Waals surface area contributed by atoms with Gasteiger partial charge in [0.25, 0.3) is 0 Å². The number of hydrogen-bond acceptors (Lipinski definition) is 4. The molecule has 2 aromatic heterocycles. The molecule has 0 radical (unpaired) electrons. The van der Waals surface area contributed by atoms with Gasteiger partial charge in [-0.05, 0) is 36.8 Å². The molecule has 0 aliphatic carbocycles. The lowest BCUT2D eigenvalue weighted by molar-refractivity contribution is 0.624. The fourth-order valence-electron chi connectivity index (χ4n) is 2.37. The van der Waals surface area contributed by atoms with E-state index in [0.717, 1.165) is 17.1 Å². The van der Waals surface area contributed by atoms with E-state index in [4.69, 9.17) is 23.8 Å². The molecule has 9 heteroatoms. The Morgan fingerprint density at radius 1 is 1.36 bits per heavy atom. The van der Waals surface area contributed by atoms with Crippen LogP contribution in [0.2, 0.25) is 5.15 Å². The van der Waals surface area contributed by atoms with Gasteiger partial charge in [-0.2, -0.15) is 20.0 Å². The summed E-state index contributed by atoms with van der Waals surface area (Å²) >= 11 is 11.6. The Hall–Kier alpha value is -2.32. The quantitative estimate of drug-likeness (QED) is 0.543. The molecule has 1 N–H and O–H groups in total. The van der Waals surface area contributed by atoms with Gasteiger partial charge in [0, 0.05) is 6.42 Å². The van der Waals surface area contributed by atoms with Gasteiger partial charge in [-0.3, -0.25) is 5.10 Å². The molecule has 3 aromatic rings. The third-order valence-electron chi connectivity index (χ3n) is 3.69. The molecule has 2 heterocycles. The fourth-order valence-corrected chi connectivity index (χ4v) is 2.85. The lowest BCUT2D eigenvalue weighted by atomic mass is 10.2. The Morgan fingerprint density at radius 2 is 2.08 bits per heavy atom. The van der Waals surface area contributed by atoms with Crippen LogP contribution in [-0.4, -0.2) is 30.9 Å². The number of halogens is 2. The van der Waals surface area contributed by atoms with Crippen LogP contribution in [0, 0.1) is 17.5 Å². The van der Waals surface area contributed by atoms with Gasteiger partial charge < -0.3 is 0 Å². The summed E-state index contributed by atoms with van der Waals surface area (Å²) < 4.78 is 16.6. The zero-order valence-electron chi connectivity index (χ0n) is 13.7. The van der Waals surface area contributed by atoms with Gasteiger partial charge in [0.15, 0.2) is 5.82 Å². The normalized spacial score (nSPS) is 11.5. The van der Waals surface area contributed by atoms with Crippen LogP contribution in [-0.2, 0) is 13.0 Å². The zero-order chi connectivity index (χ0) is 18.0. The number of aromatic nitrogens is 5. The summed E-state index contributed by atoms with van der Waals surface area (Å²) in [5, 5.41) is 16.1. The Labute approximate surface area is 153 Å². The van der Waals surface area contributed by atoms with Crippen molar-refractivity contribution in [3.8, 4) is 0 Å². The second-order valence-corrected chi connectivity index (χ2v) is 6.17. The topological polar surface area (TPSA) is 63.8 Å². The van der Waals surface area contributed by atoms with E-state index in [2.05, 4.69) is 20.4 Å². The van der Waals surface area contributed by atoms with Crippen LogP contribution in [0.25, 0.3) is 0 Å². The molecule has 0 aliphatic rings. The van der Waals surface area contributed by atoms with Crippen LogP contribution in [0.1, 0.15) is 29.6 Å². The first kappa shape index (κ1) is 17.5. The van der Waals surface area contributed by atoms with Gasteiger partial charge in [-0.15, -0.1) is 0 Å². The lowest BCUT2D eigenvalue weighted by Gasteiger charge is -2.03. The van der Waals surface area contributed by atoms with Gasteiger partial charge in [-0.1, -0.05) is 30.7 Å². The summed E-state index contributed by atoms with van der Waals surface area (Å²) in [4.78, 5) is 0. The molecular weight excluding hydrogens is 363 g/mol. The number of hydrogen-bond donors (Lipinski definition) is 1. The summed E-state index contributed by atoms with van der Waals surface area (Å²) in [7, 11) is 0. The minimum Gasteiger partial charge on any atom is -0.250 e. The highest BCUT2D eigenvalue weighted by Crippen LogP contribution is 2.19. The maximum Gasteiger partial charge on any atom is 0.216 e. The van der Waals surface area contributed by atoms with E-state index in [9.17, 15) is 4.39 Å². The van der Waals surface area contributed by atoms with E-state index in [0.29, 0.717) is 28.5 Å². The largest absolute Gasteiger partial charge is 0.250 e. The van der Waals surface area contributed by atoms with Crippen LogP contribution in [0.5, 0.6) is 0 Å². The van der Waals surface area contributed by atoms with E-state index >= 15 is 0 Å². The number of rotatable bonds is 5. The summed E-state index contributed by atoms with van der Waals surface area (Å²) in [6.45, 7) is 4.26. The molecule has 0 atom stereocenters. The Bertz CT molecular complexity index is 970. The smallest absolute Gasteiger partial charge is 0.216 e. The van der Waals surface area contributed by atoms with Gasteiger partial charge in [-0.25, -0.2) is 9.07 Å². The van der Waals surface area contributed by atoms with Crippen molar-refractivity contribution < 1.29 is 4.39 Å². The van der Waals surface area contributed by atoms with E-state index in [-0.39, 0.29) is 5.82 Å². The molecule has 0 fully saturated rings. The SMILES string of the molecule is CCc1n[nH]c(=S)n1/N=C/c1c(C)nn(Cc2ccc(F)cc2)c1Cl. The summed E-state index contributed by atoms with van der Waals surface area (Å²) in [6, 6.07) is 6.23. The monoisotopic (exact) mass is 378 g/mol. The Morgan fingerprint density at radius 3 is 2.76 bits per heavy atom. The summed E-state index contributed by atoms with van der Waals surface area (Å²) in [5.41, 5.74) is 2.34. The summed E-state index contributed by atoms with van der Waals surface area (Å²) in [5.74, 6) is 0.455. The number of aromatic amines is 1. The highest BCUT2D eigenvalue weighted by Gasteiger charge is 2.12. The zero-order valence-corrected chi connectivity index (χ0v) is 15.3. The molecular formula is C16H16ClFN6S. The molecule has 0 amide bonds. The van der Waals surface area contributed by atoms with Crippen molar-refractivity contribution in [1.29, 1.82) is 0 Å². The van der Waals surface area contributed by atoms with E-state index in [1.54, 1.807) is 27.7 Å². The van der Waals surface area contributed by atoms with Crippen molar-refractivity contribution >= 4 is 30.0 Å². The minimum absolute atomic E-state index is 0.275. The lowest BCUT2D eigenvalue weighted by Crippen LogP contribution is -2.02. The minimum atomic E-state index is -0.275. The molecule has 130 valence electrons.